The van der Waals surface area contributed by atoms with Crippen LogP contribution >= 0.6 is 11.3 Å². The number of nitrogens with zero attached hydrogens (tertiary/aromatic N) is 5. The average Bonchev–Trinajstić information content (AvgIpc) is 3.39. The summed E-state index contributed by atoms with van der Waals surface area (Å²) in [7, 11) is 1.95. The number of benzene rings is 1. The smallest absolute Gasteiger partial charge is 0.318 e. The minimum Gasteiger partial charge on any atom is -0.461 e. The molecule has 1 amide bonds. The van der Waals surface area contributed by atoms with Gasteiger partial charge in [0.25, 0.3) is 5.91 Å². The van der Waals surface area contributed by atoms with E-state index in [-0.39, 0.29) is 18.0 Å². The van der Waals surface area contributed by atoms with Gasteiger partial charge in [0.15, 0.2) is 0 Å². The average molecular weight is 460 g/mol. The van der Waals surface area contributed by atoms with E-state index in [0.717, 1.165) is 45.7 Å². The van der Waals surface area contributed by atoms with Gasteiger partial charge in [0.05, 0.1) is 15.9 Å². The number of fused-ring (bicyclic) bond motifs is 3. The Kier molecular flexibility index (Phi) is 4.90. The number of thiazole rings is 1. The lowest BCUT2D eigenvalue weighted by molar-refractivity contribution is -0.0317. The van der Waals surface area contributed by atoms with Crippen molar-refractivity contribution in [2.45, 2.75) is 38.3 Å². The van der Waals surface area contributed by atoms with Crippen LogP contribution in [0.2, 0.25) is 0 Å². The number of hydrogen-bond acceptors (Lipinski definition) is 6. The third-order valence-electron chi connectivity index (χ3n) is 6.80. The normalized spacial score (nSPS) is 21.8. The van der Waals surface area contributed by atoms with Gasteiger partial charge in [0.2, 0.25) is 0 Å². The van der Waals surface area contributed by atoms with Crippen molar-refractivity contribution in [3.63, 3.8) is 0 Å². The summed E-state index contributed by atoms with van der Waals surface area (Å²) in [5.41, 5.74) is 2.43. The van der Waals surface area contributed by atoms with Crippen molar-refractivity contribution in [1.82, 2.24) is 24.4 Å². The van der Waals surface area contributed by atoms with E-state index in [1.54, 1.807) is 17.5 Å². The van der Waals surface area contributed by atoms with E-state index in [9.17, 15) is 4.79 Å². The first-order chi connectivity index (χ1) is 16.1. The second-order valence-corrected chi connectivity index (χ2v) is 10.2. The van der Waals surface area contributed by atoms with Crippen LogP contribution in [-0.2, 0) is 7.05 Å². The number of aryl methyl sites for hydroxylation is 2. The Hall–Kier alpha value is -3.26. The Morgan fingerprint density at radius 3 is 2.79 bits per heavy atom. The van der Waals surface area contributed by atoms with Crippen LogP contribution in [0, 0.1) is 12.8 Å². The van der Waals surface area contributed by atoms with Crippen LogP contribution < -0.4 is 4.74 Å². The number of aromatic nitrogens is 4. The molecule has 0 N–H and O–H groups in total. The van der Waals surface area contributed by atoms with Crippen molar-refractivity contribution in [2.24, 2.45) is 13.0 Å². The standard InChI is InChI=1S/C25H25N5O2S/c1-15-27-21(22(33-15)17-6-4-3-5-7-17)24(31)30-19-10-16(11-19)12-20(30)14-32-25-26-13-18-8-9-29(2)23(18)28-25/h3-9,13,16,19-20H,10-12,14H2,1-2H3. The lowest BCUT2D eigenvalue weighted by atomic mass is 9.70. The number of amides is 1. The molecule has 1 unspecified atom stereocenters. The third kappa shape index (κ3) is 3.58. The van der Waals surface area contributed by atoms with Crippen molar-refractivity contribution in [1.29, 1.82) is 0 Å². The molecular weight excluding hydrogens is 434 g/mol. The second kappa shape index (κ2) is 7.95. The fraction of sp³-hybridized carbons (Fsp3) is 0.360. The summed E-state index contributed by atoms with van der Waals surface area (Å²) >= 11 is 1.58. The highest BCUT2D eigenvalue weighted by Gasteiger charge is 2.47. The van der Waals surface area contributed by atoms with Crippen LogP contribution in [-0.4, -0.2) is 49.0 Å². The predicted octanol–water partition coefficient (Wildman–Crippen LogP) is 4.47. The molecule has 1 aromatic carbocycles. The van der Waals surface area contributed by atoms with Crippen LogP contribution in [0.15, 0.2) is 48.8 Å². The van der Waals surface area contributed by atoms with Gasteiger partial charge in [-0.15, -0.1) is 11.3 Å². The fourth-order valence-corrected chi connectivity index (χ4v) is 6.06. The van der Waals surface area contributed by atoms with Gasteiger partial charge in [-0.05, 0) is 43.7 Å². The molecular formula is C25H25N5O2S. The van der Waals surface area contributed by atoms with Crippen LogP contribution in [0.25, 0.3) is 21.5 Å². The summed E-state index contributed by atoms with van der Waals surface area (Å²) in [4.78, 5) is 30.4. The maximum atomic E-state index is 13.8. The van der Waals surface area contributed by atoms with Gasteiger partial charge in [-0.2, -0.15) is 4.98 Å². The Morgan fingerprint density at radius 2 is 1.97 bits per heavy atom. The van der Waals surface area contributed by atoms with Gasteiger partial charge < -0.3 is 14.2 Å². The first kappa shape index (κ1) is 20.4. The summed E-state index contributed by atoms with van der Waals surface area (Å²) < 4.78 is 7.99. The van der Waals surface area contributed by atoms with E-state index >= 15 is 0 Å². The lowest BCUT2D eigenvalue weighted by Crippen LogP contribution is -2.60. The highest BCUT2D eigenvalue weighted by Crippen LogP contribution is 2.44. The van der Waals surface area contributed by atoms with Gasteiger partial charge in [0, 0.05) is 30.9 Å². The van der Waals surface area contributed by atoms with Crippen LogP contribution in [0.5, 0.6) is 6.01 Å². The van der Waals surface area contributed by atoms with Crippen molar-refractivity contribution in [3.05, 3.63) is 59.5 Å². The van der Waals surface area contributed by atoms with E-state index in [4.69, 9.17) is 4.74 Å². The molecule has 1 saturated carbocycles. The zero-order valence-electron chi connectivity index (χ0n) is 18.6. The van der Waals surface area contributed by atoms with Gasteiger partial charge in [-0.1, -0.05) is 30.3 Å². The molecule has 8 heteroatoms. The first-order valence-corrected chi connectivity index (χ1v) is 12.1. The van der Waals surface area contributed by atoms with Crippen molar-refractivity contribution >= 4 is 28.3 Å². The van der Waals surface area contributed by atoms with Gasteiger partial charge >= 0.3 is 6.01 Å². The number of hydrogen-bond donors (Lipinski definition) is 0. The van der Waals surface area contributed by atoms with E-state index in [2.05, 4.69) is 15.0 Å². The zero-order valence-corrected chi connectivity index (χ0v) is 19.5. The largest absolute Gasteiger partial charge is 0.461 e. The molecule has 4 aromatic rings. The Bertz CT molecular complexity index is 1330. The number of rotatable bonds is 5. The van der Waals surface area contributed by atoms with Crippen LogP contribution in [0.3, 0.4) is 0 Å². The van der Waals surface area contributed by atoms with E-state index in [1.165, 1.54) is 0 Å². The lowest BCUT2D eigenvalue weighted by Gasteiger charge is -2.53. The molecule has 1 atom stereocenters. The molecule has 2 bridgehead atoms. The Labute approximate surface area is 196 Å². The van der Waals surface area contributed by atoms with E-state index in [1.807, 2.05) is 66.0 Å². The highest BCUT2D eigenvalue weighted by atomic mass is 32.1. The molecule has 33 heavy (non-hydrogen) atoms. The molecule has 7 nitrogen and oxygen atoms in total. The molecule has 7 rings (SSSR count). The first-order valence-electron chi connectivity index (χ1n) is 11.3. The van der Waals surface area contributed by atoms with Crippen molar-refractivity contribution in [2.75, 3.05) is 6.61 Å². The van der Waals surface area contributed by atoms with Crippen molar-refractivity contribution < 1.29 is 9.53 Å². The molecule has 168 valence electrons. The Morgan fingerprint density at radius 1 is 1.15 bits per heavy atom. The highest BCUT2D eigenvalue weighted by molar-refractivity contribution is 7.15. The quantitative estimate of drug-likeness (QED) is 0.440. The molecule has 0 radical (unpaired) electrons. The summed E-state index contributed by atoms with van der Waals surface area (Å²) in [6.45, 7) is 2.35. The van der Waals surface area contributed by atoms with Gasteiger partial charge in [0.1, 0.15) is 17.9 Å². The van der Waals surface area contributed by atoms with Crippen molar-refractivity contribution in [3.8, 4) is 16.5 Å². The molecule has 2 saturated heterocycles. The minimum atomic E-state index is -0.00617. The molecule has 1 aliphatic carbocycles. The SMILES string of the molecule is Cc1nc(C(=O)N2C(COc3ncc4ccn(C)c4n3)CC3CC2C3)c(-c2ccccc2)s1. The summed E-state index contributed by atoms with van der Waals surface area (Å²) in [6, 6.07) is 12.6. The molecule has 3 aliphatic rings. The number of carbonyl (C=O) groups excluding carboxylic acids is 1. The van der Waals surface area contributed by atoms with Crippen LogP contribution in [0.4, 0.5) is 0 Å². The second-order valence-electron chi connectivity index (χ2n) is 9.04. The maximum absolute atomic E-state index is 13.8. The number of carbonyl (C=O) groups is 1. The summed E-state index contributed by atoms with van der Waals surface area (Å²) in [5.74, 6) is 0.670. The predicted molar refractivity (Wildman–Crippen MR) is 127 cm³/mol. The van der Waals surface area contributed by atoms with Gasteiger partial charge in [-0.25, -0.2) is 9.97 Å². The molecule has 5 heterocycles. The van der Waals surface area contributed by atoms with Gasteiger partial charge in [-0.3, -0.25) is 4.79 Å². The molecule has 3 fully saturated rings. The topological polar surface area (TPSA) is 73.1 Å². The molecule has 2 aliphatic heterocycles. The molecule has 0 spiro atoms. The number of ether oxygens (including phenoxy) is 1. The third-order valence-corrected chi connectivity index (χ3v) is 7.82. The minimum absolute atomic E-state index is 0.00617. The fourth-order valence-electron chi connectivity index (χ4n) is 5.15. The summed E-state index contributed by atoms with van der Waals surface area (Å²) in [6.07, 6.45) is 6.82. The monoisotopic (exact) mass is 459 g/mol. The Balaban J connectivity index is 1.26. The maximum Gasteiger partial charge on any atom is 0.318 e. The zero-order chi connectivity index (χ0) is 22.5. The summed E-state index contributed by atoms with van der Waals surface area (Å²) in [5, 5.41) is 1.88. The van der Waals surface area contributed by atoms with Crippen LogP contribution in [0.1, 0.15) is 34.8 Å². The van der Waals surface area contributed by atoms with E-state index < -0.39 is 0 Å². The molecule has 3 aromatic heterocycles. The number of piperidine rings is 2. The van der Waals surface area contributed by atoms with E-state index in [0.29, 0.717) is 24.2 Å².